The molecule has 0 radical (unpaired) electrons. The molecule has 3 rings (SSSR count). The summed E-state index contributed by atoms with van der Waals surface area (Å²) in [5.74, 6) is 1.04. The van der Waals surface area contributed by atoms with Crippen LogP contribution < -0.4 is 4.74 Å². The zero-order chi connectivity index (χ0) is 16.8. The molecule has 2 aromatic carbocycles. The van der Waals surface area contributed by atoms with Gasteiger partial charge in [0, 0.05) is 44.7 Å². The number of likely N-dealkylation sites (N-methyl/N-ethyl adjacent to an activating group) is 1. The first-order valence-electron chi connectivity index (χ1n) is 8.88. The SMILES string of the molecule is Cc1cccc(OCCN2CCN(C)CC2)c1Cc1ccccc1. The standard InChI is InChI=1S/C21H28N2O/c1-18-7-6-10-21(20(18)17-19-8-4-3-5-9-19)24-16-15-23-13-11-22(2)12-14-23/h3-10H,11-17H2,1-2H3. The van der Waals surface area contributed by atoms with E-state index >= 15 is 0 Å². The Morgan fingerprint density at radius 1 is 0.917 bits per heavy atom. The van der Waals surface area contributed by atoms with E-state index < -0.39 is 0 Å². The van der Waals surface area contributed by atoms with Crippen LogP contribution in [0.15, 0.2) is 48.5 Å². The summed E-state index contributed by atoms with van der Waals surface area (Å²) in [6, 6.07) is 17.0. The highest BCUT2D eigenvalue weighted by molar-refractivity contribution is 5.42. The molecule has 0 atom stereocenters. The Morgan fingerprint density at radius 2 is 1.67 bits per heavy atom. The maximum atomic E-state index is 6.16. The van der Waals surface area contributed by atoms with Crippen molar-refractivity contribution in [3.05, 3.63) is 65.2 Å². The number of aryl methyl sites for hydroxylation is 1. The van der Waals surface area contributed by atoms with Crippen LogP contribution in [-0.4, -0.2) is 56.2 Å². The number of benzene rings is 2. The van der Waals surface area contributed by atoms with Crippen LogP contribution in [0.25, 0.3) is 0 Å². The lowest BCUT2D eigenvalue weighted by molar-refractivity contribution is 0.133. The zero-order valence-corrected chi connectivity index (χ0v) is 14.9. The topological polar surface area (TPSA) is 15.7 Å². The fraction of sp³-hybridized carbons (Fsp3) is 0.429. The third-order valence-electron chi connectivity index (χ3n) is 4.85. The van der Waals surface area contributed by atoms with Crippen molar-refractivity contribution in [2.45, 2.75) is 13.3 Å². The van der Waals surface area contributed by atoms with Gasteiger partial charge in [0.15, 0.2) is 0 Å². The summed E-state index contributed by atoms with van der Waals surface area (Å²) < 4.78 is 6.16. The first kappa shape index (κ1) is 17.0. The van der Waals surface area contributed by atoms with Crippen molar-refractivity contribution in [3.63, 3.8) is 0 Å². The lowest BCUT2D eigenvalue weighted by atomic mass is 9.99. The van der Waals surface area contributed by atoms with E-state index in [0.29, 0.717) is 0 Å². The molecule has 1 aliphatic heterocycles. The summed E-state index contributed by atoms with van der Waals surface area (Å²) >= 11 is 0. The zero-order valence-electron chi connectivity index (χ0n) is 14.9. The van der Waals surface area contributed by atoms with E-state index in [1.165, 1.54) is 16.7 Å². The van der Waals surface area contributed by atoms with Crippen molar-refractivity contribution in [3.8, 4) is 5.75 Å². The number of nitrogens with zero attached hydrogens (tertiary/aromatic N) is 2. The highest BCUT2D eigenvalue weighted by Gasteiger charge is 2.14. The van der Waals surface area contributed by atoms with E-state index in [1.807, 2.05) is 0 Å². The largest absolute Gasteiger partial charge is 0.492 e. The summed E-state index contributed by atoms with van der Waals surface area (Å²) in [6.07, 6.45) is 0.928. The molecule has 3 heteroatoms. The minimum atomic E-state index is 0.759. The molecule has 1 saturated heterocycles. The normalized spacial score (nSPS) is 16.2. The maximum Gasteiger partial charge on any atom is 0.123 e. The van der Waals surface area contributed by atoms with Crippen molar-refractivity contribution < 1.29 is 4.74 Å². The quantitative estimate of drug-likeness (QED) is 0.811. The summed E-state index contributed by atoms with van der Waals surface area (Å²) in [5, 5.41) is 0. The Morgan fingerprint density at radius 3 is 2.42 bits per heavy atom. The second kappa shape index (κ2) is 8.32. The van der Waals surface area contributed by atoms with Crippen molar-refractivity contribution in [2.75, 3.05) is 46.4 Å². The van der Waals surface area contributed by atoms with Gasteiger partial charge in [-0.2, -0.15) is 0 Å². The van der Waals surface area contributed by atoms with Crippen LogP contribution in [0.3, 0.4) is 0 Å². The molecule has 0 N–H and O–H groups in total. The Kier molecular flexibility index (Phi) is 5.89. The molecule has 0 bridgehead atoms. The number of hydrogen-bond acceptors (Lipinski definition) is 3. The fourth-order valence-electron chi connectivity index (χ4n) is 3.19. The molecule has 0 spiro atoms. The van der Waals surface area contributed by atoms with Gasteiger partial charge in [-0.3, -0.25) is 4.90 Å². The molecular formula is C21H28N2O. The molecule has 0 saturated carbocycles. The van der Waals surface area contributed by atoms with Gasteiger partial charge in [-0.25, -0.2) is 0 Å². The summed E-state index contributed by atoms with van der Waals surface area (Å²) in [6.45, 7) is 8.54. The van der Waals surface area contributed by atoms with Crippen molar-refractivity contribution in [1.82, 2.24) is 9.80 Å². The van der Waals surface area contributed by atoms with Crippen molar-refractivity contribution in [2.24, 2.45) is 0 Å². The van der Waals surface area contributed by atoms with Gasteiger partial charge in [-0.05, 0) is 31.2 Å². The number of hydrogen-bond donors (Lipinski definition) is 0. The molecule has 1 heterocycles. The molecule has 0 unspecified atom stereocenters. The predicted molar refractivity (Wildman–Crippen MR) is 99.9 cm³/mol. The van der Waals surface area contributed by atoms with E-state index in [-0.39, 0.29) is 0 Å². The molecule has 0 amide bonds. The Balaban J connectivity index is 1.60. The second-order valence-electron chi connectivity index (χ2n) is 6.71. The van der Waals surface area contributed by atoms with Crippen LogP contribution >= 0.6 is 0 Å². The van der Waals surface area contributed by atoms with Gasteiger partial charge in [0.1, 0.15) is 12.4 Å². The lowest BCUT2D eigenvalue weighted by Crippen LogP contribution is -2.45. The Labute approximate surface area is 145 Å². The predicted octanol–water partition coefficient (Wildman–Crippen LogP) is 3.21. The third kappa shape index (κ3) is 4.59. The number of ether oxygens (including phenoxy) is 1. The molecule has 24 heavy (non-hydrogen) atoms. The van der Waals surface area contributed by atoms with E-state index in [0.717, 1.165) is 51.5 Å². The average molecular weight is 324 g/mol. The minimum absolute atomic E-state index is 0.759. The number of rotatable bonds is 6. The number of piperazine rings is 1. The molecule has 3 nitrogen and oxygen atoms in total. The smallest absolute Gasteiger partial charge is 0.123 e. The van der Waals surface area contributed by atoms with Gasteiger partial charge in [-0.15, -0.1) is 0 Å². The maximum absolute atomic E-state index is 6.16. The molecule has 1 fully saturated rings. The van der Waals surface area contributed by atoms with Crippen molar-refractivity contribution >= 4 is 0 Å². The van der Waals surface area contributed by atoms with Gasteiger partial charge < -0.3 is 9.64 Å². The summed E-state index contributed by atoms with van der Waals surface area (Å²) in [4.78, 5) is 4.88. The average Bonchev–Trinajstić information content (AvgIpc) is 2.60. The van der Waals surface area contributed by atoms with Gasteiger partial charge >= 0.3 is 0 Å². The summed E-state index contributed by atoms with van der Waals surface area (Å²) in [7, 11) is 2.19. The molecule has 128 valence electrons. The van der Waals surface area contributed by atoms with Crippen LogP contribution in [-0.2, 0) is 6.42 Å². The van der Waals surface area contributed by atoms with Gasteiger partial charge in [0.2, 0.25) is 0 Å². The van der Waals surface area contributed by atoms with E-state index in [1.54, 1.807) is 0 Å². The Hall–Kier alpha value is -1.84. The molecule has 2 aromatic rings. The highest BCUT2D eigenvalue weighted by Crippen LogP contribution is 2.25. The van der Waals surface area contributed by atoms with Crippen LogP contribution in [0, 0.1) is 6.92 Å². The monoisotopic (exact) mass is 324 g/mol. The van der Waals surface area contributed by atoms with Crippen LogP contribution in [0.5, 0.6) is 5.75 Å². The van der Waals surface area contributed by atoms with Crippen LogP contribution in [0.4, 0.5) is 0 Å². The lowest BCUT2D eigenvalue weighted by Gasteiger charge is -2.32. The first-order valence-corrected chi connectivity index (χ1v) is 8.88. The summed E-state index contributed by atoms with van der Waals surface area (Å²) in [5.41, 5.74) is 3.94. The van der Waals surface area contributed by atoms with Gasteiger partial charge in [0.05, 0.1) is 0 Å². The van der Waals surface area contributed by atoms with Crippen LogP contribution in [0.1, 0.15) is 16.7 Å². The second-order valence-corrected chi connectivity index (χ2v) is 6.71. The van der Waals surface area contributed by atoms with E-state index in [2.05, 4.69) is 72.3 Å². The van der Waals surface area contributed by atoms with Crippen LogP contribution in [0.2, 0.25) is 0 Å². The fourth-order valence-corrected chi connectivity index (χ4v) is 3.19. The van der Waals surface area contributed by atoms with Gasteiger partial charge in [-0.1, -0.05) is 42.5 Å². The van der Waals surface area contributed by atoms with E-state index in [9.17, 15) is 0 Å². The molecular weight excluding hydrogens is 296 g/mol. The molecule has 1 aliphatic rings. The van der Waals surface area contributed by atoms with Crippen molar-refractivity contribution in [1.29, 1.82) is 0 Å². The molecule has 0 aliphatic carbocycles. The molecule has 0 aromatic heterocycles. The van der Waals surface area contributed by atoms with Gasteiger partial charge in [0.25, 0.3) is 0 Å². The van der Waals surface area contributed by atoms with E-state index in [4.69, 9.17) is 4.74 Å². The minimum Gasteiger partial charge on any atom is -0.492 e. The third-order valence-corrected chi connectivity index (χ3v) is 4.85. The first-order chi connectivity index (χ1) is 11.7. The highest BCUT2D eigenvalue weighted by atomic mass is 16.5. The Bertz CT molecular complexity index is 634.